The molecule has 0 aliphatic carbocycles. The molecule has 2 aromatic carbocycles. The van der Waals surface area contributed by atoms with E-state index in [2.05, 4.69) is 21.2 Å². The molecule has 0 saturated carbocycles. The van der Waals surface area contributed by atoms with E-state index >= 15 is 0 Å². The maximum Gasteiger partial charge on any atom is 0.137 e. The van der Waals surface area contributed by atoms with Gasteiger partial charge >= 0.3 is 0 Å². The minimum absolute atomic E-state index is 0.334. The zero-order valence-electron chi connectivity index (χ0n) is 9.18. The molecule has 0 fully saturated rings. The number of halogens is 4. The van der Waals surface area contributed by atoms with E-state index in [9.17, 15) is 8.78 Å². The Bertz CT molecular complexity index is 575. The summed E-state index contributed by atoms with van der Waals surface area (Å²) in [5.41, 5.74) is 1.23. The second kappa shape index (κ2) is 5.67. The Balaban J connectivity index is 2.11. The Labute approximate surface area is 117 Å². The molecule has 0 aromatic heterocycles. The molecular weight excluding hydrogens is 324 g/mol. The van der Waals surface area contributed by atoms with Crippen LogP contribution in [0.25, 0.3) is 0 Å². The van der Waals surface area contributed by atoms with Crippen LogP contribution in [0.15, 0.2) is 40.9 Å². The predicted octanol–water partition coefficient (Wildman–Crippen LogP) is 4.99. The van der Waals surface area contributed by atoms with Crippen LogP contribution in [0, 0.1) is 11.6 Å². The predicted molar refractivity (Wildman–Crippen MR) is 72.8 cm³/mol. The van der Waals surface area contributed by atoms with Crippen molar-refractivity contribution >= 4 is 33.2 Å². The zero-order valence-corrected chi connectivity index (χ0v) is 11.5. The van der Waals surface area contributed by atoms with Crippen molar-refractivity contribution in [3.05, 3.63) is 63.1 Å². The van der Waals surface area contributed by atoms with Crippen molar-refractivity contribution in [2.24, 2.45) is 0 Å². The Kier molecular flexibility index (Phi) is 4.19. The molecule has 0 atom stereocenters. The minimum Gasteiger partial charge on any atom is -0.380 e. The Morgan fingerprint density at radius 3 is 2.61 bits per heavy atom. The summed E-state index contributed by atoms with van der Waals surface area (Å²) in [4.78, 5) is 0. The van der Waals surface area contributed by atoms with Gasteiger partial charge < -0.3 is 5.32 Å². The van der Waals surface area contributed by atoms with Gasteiger partial charge in [0.1, 0.15) is 11.6 Å². The third-order valence-corrected chi connectivity index (χ3v) is 3.37. The van der Waals surface area contributed by atoms with Crippen LogP contribution in [-0.2, 0) is 6.54 Å². The number of rotatable bonds is 3. The van der Waals surface area contributed by atoms with Crippen LogP contribution in [0.5, 0.6) is 0 Å². The molecular formula is C13H9BrClF2N. The Hall–Kier alpha value is -1.13. The van der Waals surface area contributed by atoms with Crippen molar-refractivity contribution in [2.45, 2.75) is 6.54 Å². The van der Waals surface area contributed by atoms with Crippen LogP contribution >= 0.6 is 27.5 Å². The maximum atomic E-state index is 13.3. The first kappa shape index (κ1) is 13.3. The second-order valence-corrected chi connectivity index (χ2v) is 4.99. The van der Waals surface area contributed by atoms with Crippen molar-refractivity contribution in [2.75, 3.05) is 5.32 Å². The average Bonchev–Trinajstić information content (AvgIpc) is 2.34. The quantitative estimate of drug-likeness (QED) is 0.834. The lowest BCUT2D eigenvalue weighted by Crippen LogP contribution is -2.01. The van der Waals surface area contributed by atoms with E-state index in [1.54, 1.807) is 12.1 Å². The summed E-state index contributed by atoms with van der Waals surface area (Å²) in [5, 5.41) is 3.39. The van der Waals surface area contributed by atoms with Crippen LogP contribution in [0.1, 0.15) is 5.56 Å². The molecule has 18 heavy (non-hydrogen) atoms. The van der Waals surface area contributed by atoms with E-state index in [-0.39, 0.29) is 11.6 Å². The highest BCUT2D eigenvalue weighted by molar-refractivity contribution is 9.10. The van der Waals surface area contributed by atoms with Gasteiger partial charge in [0.2, 0.25) is 0 Å². The fraction of sp³-hybridized carbons (Fsp3) is 0.0769. The van der Waals surface area contributed by atoms with Crippen molar-refractivity contribution in [1.82, 2.24) is 0 Å². The number of benzene rings is 2. The van der Waals surface area contributed by atoms with E-state index in [4.69, 9.17) is 11.6 Å². The van der Waals surface area contributed by atoms with Crippen LogP contribution in [0.2, 0.25) is 5.02 Å². The van der Waals surface area contributed by atoms with Gasteiger partial charge in [-0.25, -0.2) is 8.78 Å². The molecule has 0 heterocycles. The molecule has 0 aliphatic heterocycles. The van der Waals surface area contributed by atoms with E-state index in [0.717, 1.165) is 5.56 Å². The number of nitrogens with one attached hydrogen (secondary N) is 1. The molecule has 0 amide bonds. The smallest absolute Gasteiger partial charge is 0.137 e. The average molecular weight is 333 g/mol. The lowest BCUT2D eigenvalue weighted by Gasteiger charge is -2.09. The SMILES string of the molecule is Fc1ccc(Cl)c(NCc2ccc(Br)c(F)c2)c1. The molecule has 0 unspecified atom stereocenters. The Morgan fingerprint density at radius 1 is 1.11 bits per heavy atom. The number of hydrogen-bond donors (Lipinski definition) is 1. The number of anilines is 1. The van der Waals surface area contributed by atoms with E-state index in [0.29, 0.717) is 21.7 Å². The highest BCUT2D eigenvalue weighted by atomic mass is 79.9. The monoisotopic (exact) mass is 331 g/mol. The second-order valence-electron chi connectivity index (χ2n) is 3.73. The van der Waals surface area contributed by atoms with Gasteiger partial charge in [0.15, 0.2) is 0 Å². The molecule has 0 radical (unpaired) electrons. The van der Waals surface area contributed by atoms with Crippen LogP contribution < -0.4 is 5.32 Å². The molecule has 0 bridgehead atoms. The molecule has 5 heteroatoms. The van der Waals surface area contributed by atoms with Crippen molar-refractivity contribution in [1.29, 1.82) is 0 Å². The van der Waals surface area contributed by atoms with Gasteiger partial charge in [-0.05, 0) is 51.8 Å². The maximum absolute atomic E-state index is 13.3. The topological polar surface area (TPSA) is 12.0 Å². The molecule has 94 valence electrons. The molecule has 1 nitrogen and oxygen atoms in total. The zero-order chi connectivity index (χ0) is 13.1. The summed E-state index contributed by atoms with van der Waals surface area (Å²) in [6.07, 6.45) is 0. The summed E-state index contributed by atoms with van der Waals surface area (Å²) < 4.78 is 26.7. The van der Waals surface area contributed by atoms with Crippen LogP contribution in [0.3, 0.4) is 0 Å². The van der Waals surface area contributed by atoms with E-state index < -0.39 is 0 Å². The van der Waals surface area contributed by atoms with Crippen LogP contribution in [-0.4, -0.2) is 0 Å². The van der Waals surface area contributed by atoms with Crippen molar-refractivity contribution in [3.63, 3.8) is 0 Å². The van der Waals surface area contributed by atoms with Gasteiger partial charge in [0, 0.05) is 6.54 Å². The summed E-state index contributed by atoms with van der Waals surface area (Å²) in [7, 11) is 0. The van der Waals surface area contributed by atoms with Gasteiger partial charge in [0.05, 0.1) is 15.2 Å². The van der Waals surface area contributed by atoms with Crippen molar-refractivity contribution in [3.8, 4) is 0 Å². The molecule has 2 aromatic rings. The van der Waals surface area contributed by atoms with Gasteiger partial charge in [-0.3, -0.25) is 0 Å². The van der Waals surface area contributed by atoms with E-state index in [1.807, 2.05) is 0 Å². The molecule has 0 saturated heterocycles. The third kappa shape index (κ3) is 3.21. The minimum atomic E-state index is -0.371. The fourth-order valence-corrected chi connectivity index (χ4v) is 1.91. The fourth-order valence-electron chi connectivity index (χ4n) is 1.48. The lowest BCUT2D eigenvalue weighted by molar-refractivity contribution is 0.619. The van der Waals surface area contributed by atoms with E-state index in [1.165, 1.54) is 24.3 Å². The third-order valence-electron chi connectivity index (χ3n) is 2.40. The summed E-state index contributed by atoms with van der Waals surface area (Å²) in [5.74, 6) is -0.705. The van der Waals surface area contributed by atoms with Gasteiger partial charge in [-0.1, -0.05) is 17.7 Å². The van der Waals surface area contributed by atoms with Crippen molar-refractivity contribution < 1.29 is 8.78 Å². The number of hydrogen-bond acceptors (Lipinski definition) is 1. The summed E-state index contributed by atoms with van der Waals surface area (Å²) in [6.45, 7) is 0.368. The highest BCUT2D eigenvalue weighted by Gasteiger charge is 2.04. The van der Waals surface area contributed by atoms with Crippen LogP contribution in [0.4, 0.5) is 14.5 Å². The normalized spacial score (nSPS) is 10.4. The molecule has 0 spiro atoms. The molecule has 2 rings (SSSR count). The Morgan fingerprint density at radius 2 is 1.89 bits per heavy atom. The lowest BCUT2D eigenvalue weighted by atomic mass is 10.2. The van der Waals surface area contributed by atoms with Gasteiger partial charge in [0.25, 0.3) is 0 Å². The summed E-state index contributed by atoms with van der Waals surface area (Å²) >= 11 is 8.99. The molecule has 0 aliphatic rings. The van der Waals surface area contributed by atoms with Gasteiger partial charge in [-0.2, -0.15) is 0 Å². The van der Waals surface area contributed by atoms with Gasteiger partial charge in [-0.15, -0.1) is 0 Å². The first-order valence-electron chi connectivity index (χ1n) is 5.19. The summed E-state index contributed by atoms with van der Waals surface area (Å²) in [6, 6.07) is 8.86. The largest absolute Gasteiger partial charge is 0.380 e. The molecule has 1 N–H and O–H groups in total. The highest BCUT2D eigenvalue weighted by Crippen LogP contribution is 2.23. The standard InChI is InChI=1S/C13H9BrClF2N/c14-10-3-1-8(5-12(10)17)7-18-13-6-9(16)2-4-11(13)15/h1-6,18H,7H2. The first-order valence-corrected chi connectivity index (χ1v) is 6.36. The first-order chi connectivity index (χ1) is 8.56.